The van der Waals surface area contributed by atoms with Crippen molar-refractivity contribution in [3.8, 4) is 0 Å². The monoisotopic (exact) mass is 1300 g/mol. The van der Waals surface area contributed by atoms with E-state index in [9.17, 15) is 36.6 Å². The van der Waals surface area contributed by atoms with Crippen LogP contribution < -0.4 is 40.1 Å². The lowest BCUT2D eigenvalue weighted by atomic mass is 9.67. The van der Waals surface area contributed by atoms with Crippen LogP contribution in [0, 0.1) is 63.6 Å². The smallest absolute Gasteiger partial charge is 0.391 e. The Bertz CT molecular complexity index is 1770. The Balaban J connectivity index is 0.000000526. The van der Waals surface area contributed by atoms with Gasteiger partial charge in [-0.2, -0.15) is 26.3 Å². The van der Waals surface area contributed by atoms with Crippen molar-refractivity contribution in [1.82, 2.24) is 19.6 Å². The van der Waals surface area contributed by atoms with E-state index in [1.165, 1.54) is 64.3 Å². The highest BCUT2D eigenvalue weighted by molar-refractivity contribution is 4.95. The molecule has 3 saturated carbocycles. The number of likely N-dealkylation sites (tertiary alicyclic amines) is 4. The van der Waals surface area contributed by atoms with Gasteiger partial charge in [-0.05, 0) is 218 Å². The maximum absolute atomic E-state index is 12.6. The fourth-order valence-corrected chi connectivity index (χ4v) is 14.0. The van der Waals surface area contributed by atoms with Crippen LogP contribution in [-0.4, -0.2) is 171 Å². The van der Waals surface area contributed by atoms with Crippen molar-refractivity contribution in [3.05, 3.63) is 0 Å². The third-order valence-corrected chi connectivity index (χ3v) is 20.7. The summed E-state index contributed by atoms with van der Waals surface area (Å²) in [5.41, 5.74) is 42.1. The Morgan fingerprint density at radius 1 is 0.311 bits per heavy atom. The van der Waals surface area contributed by atoms with E-state index in [0.717, 1.165) is 50.2 Å². The van der Waals surface area contributed by atoms with E-state index in [-0.39, 0.29) is 84.8 Å². The van der Waals surface area contributed by atoms with Crippen LogP contribution in [0.5, 0.6) is 0 Å². The van der Waals surface area contributed by atoms with Gasteiger partial charge in [-0.25, -0.2) is 0 Å². The molecule has 0 aromatic rings. The summed E-state index contributed by atoms with van der Waals surface area (Å²) < 4.78 is 75.6. The van der Waals surface area contributed by atoms with E-state index in [4.69, 9.17) is 40.1 Å². The molecule has 17 atom stereocenters. The molecule has 0 aromatic carbocycles. The average molecular weight is 1300 g/mol. The first-order valence-corrected chi connectivity index (χ1v) is 35.0. The van der Waals surface area contributed by atoms with Crippen LogP contribution in [0.25, 0.3) is 0 Å². The van der Waals surface area contributed by atoms with E-state index < -0.39 is 24.2 Å². The molecule has 0 spiro atoms. The number of hydrogen-bond acceptors (Lipinski definition) is 13. The van der Waals surface area contributed by atoms with Crippen molar-refractivity contribution in [3.63, 3.8) is 0 Å². The van der Waals surface area contributed by atoms with Gasteiger partial charge in [-0.3, -0.25) is 19.6 Å². The lowest BCUT2D eigenvalue weighted by Crippen LogP contribution is -2.60. The summed E-state index contributed by atoms with van der Waals surface area (Å²) in [4.78, 5) is 8.45. The minimum absolute atomic E-state index is 0.0204. The molecule has 0 amide bonds. The van der Waals surface area contributed by atoms with E-state index in [1.807, 2.05) is 51.3 Å². The first-order valence-electron chi connectivity index (χ1n) is 35.0. The Labute approximate surface area is 548 Å². The third-order valence-electron chi connectivity index (χ3n) is 20.7. The van der Waals surface area contributed by atoms with E-state index in [1.54, 1.807) is 0 Å². The molecule has 7 rings (SSSR count). The van der Waals surface area contributed by atoms with Crippen molar-refractivity contribution in [2.75, 3.05) is 52.4 Å². The van der Waals surface area contributed by atoms with Gasteiger partial charge in [-0.15, -0.1) is 0 Å². The number of aliphatic hydroxyl groups excluding tert-OH is 2. The maximum atomic E-state index is 12.6. The van der Waals surface area contributed by atoms with Crippen LogP contribution in [0.15, 0.2) is 0 Å². The predicted octanol–water partition coefficient (Wildman–Crippen LogP) is 12.7. The molecule has 90 heavy (non-hydrogen) atoms. The average Bonchev–Trinajstić information content (AvgIpc) is 1.16. The number of rotatable bonds is 0. The molecule has 9 unspecified atom stereocenters. The quantitative estimate of drug-likeness (QED) is 0.103. The fraction of sp³-hybridized carbons (Fsp3) is 1.00. The predicted molar refractivity (Wildman–Crippen MR) is 369 cm³/mol. The summed E-state index contributed by atoms with van der Waals surface area (Å²) in [6.07, 6.45) is 4.80. The summed E-state index contributed by atoms with van der Waals surface area (Å²) in [5.74, 6) is 1.25. The summed E-state index contributed by atoms with van der Waals surface area (Å²) in [6, 6.07) is 0.485. The molecule has 4 saturated heterocycles. The first-order chi connectivity index (χ1) is 40.2. The Kier molecular flexibility index (Phi) is 34.4. The molecule has 3 aliphatic carbocycles. The van der Waals surface area contributed by atoms with Gasteiger partial charge in [0.2, 0.25) is 0 Å². The van der Waals surface area contributed by atoms with Crippen molar-refractivity contribution in [1.29, 1.82) is 0 Å². The zero-order valence-electron chi connectivity index (χ0n) is 62.2. The fourth-order valence-electron chi connectivity index (χ4n) is 14.0. The lowest BCUT2D eigenvalue weighted by Gasteiger charge is -2.45. The molecule has 19 heteroatoms. The summed E-state index contributed by atoms with van der Waals surface area (Å²) in [5, 5.41) is 19.4. The van der Waals surface area contributed by atoms with E-state index in [0.29, 0.717) is 64.8 Å². The minimum Gasteiger partial charge on any atom is -0.391 e. The molecule has 0 radical (unpaired) electrons. The van der Waals surface area contributed by atoms with Crippen molar-refractivity contribution < 1.29 is 36.6 Å². The van der Waals surface area contributed by atoms with Gasteiger partial charge in [0.25, 0.3) is 0 Å². The van der Waals surface area contributed by atoms with Gasteiger partial charge >= 0.3 is 12.4 Å². The number of halogens is 6. The Morgan fingerprint density at radius 2 is 0.667 bits per heavy atom. The highest BCUT2D eigenvalue weighted by atomic mass is 19.4. The van der Waals surface area contributed by atoms with Gasteiger partial charge in [0, 0.05) is 110 Å². The molecule has 7 aliphatic rings. The van der Waals surface area contributed by atoms with Gasteiger partial charge in [0.15, 0.2) is 0 Å². The number of piperidine rings is 4. The molecular formula is C71H147F6N11O2. The number of nitrogens with two attached hydrogens (primary N) is 7. The molecule has 540 valence electrons. The highest BCUT2D eigenvalue weighted by Gasteiger charge is 2.47. The molecular weight excluding hydrogens is 1150 g/mol. The number of hydrogen-bond donors (Lipinski definition) is 9. The summed E-state index contributed by atoms with van der Waals surface area (Å²) in [7, 11) is 0. The Hall–Kier alpha value is -0.940. The van der Waals surface area contributed by atoms with Gasteiger partial charge in [-0.1, -0.05) is 89.5 Å². The SMILES string of the molecule is CC(C)(C)C1CCCC(N)C1.CC(C)(C)N1CCC[C@H](N)C1.CC(C)(C)N1C[C@@H](N)C[C@@H](C(F)(F)F)C1.CC(C)(C)N1C[C@@H](N)C[C@@H](C(F)(F)F)C1.CC1CC(C(C)(C)C)CC(N)C1O.CC1CC(N)CC(C(C)(C)C)C1.C[C@H]1CN(C(C)(C)C)C[C@@H](N)[C@@H]1O. The van der Waals surface area contributed by atoms with E-state index in [2.05, 4.69) is 134 Å². The van der Waals surface area contributed by atoms with Crippen LogP contribution in [0.3, 0.4) is 0 Å². The zero-order valence-corrected chi connectivity index (χ0v) is 62.2. The van der Waals surface area contributed by atoms with Crippen LogP contribution in [0.1, 0.15) is 250 Å². The molecule has 16 N–H and O–H groups in total. The second kappa shape index (κ2) is 35.5. The van der Waals surface area contributed by atoms with E-state index >= 15 is 0 Å². The first kappa shape index (κ1) is 87.1. The highest BCUT2D eigenvalue weighted by Crippen LogP contribution is 2.42. The summed E-state index contributed by atoms with van der Waals surface area (Å²) in [6.45, 7) is 57.3. The second-order valence-electron chi connectivity index (χ2n) is 36.6. The van der Waals surface area contributed by atoms with Crippen molar-refractivity contribution in [2.45, 2.75) is 339 Å². The number of nitrogens with zero attached hydrogens (tertiary/aromatic N) is 4. The third kappa shape index (κ3) is 32.4. The maximum Gasteiger partial charge on any atom is 0.393 e. The molecule has 4 heterocycles. The van der Waals surface area contributed by atoms with Gasteiger partial charge in [0.05, 0.1) is 24.0 Å². The standard InChI is InChI=1S/C11H23NO.C11H23N.2C10H19F3N2.C10H22N2O.C10H21N.C9H20N2/c1-7-5-8(11(2,3)4)6-9(12)10(7)13;1-8-5-9(11(2,3)4)7-10(12)6-8;2*1-9(2,3)15-5-7(10(11,12)13)4-8(14)6-15;1-7-5-12(10(2,3)4)6-8(11)9(7)13;1-10(2,3)8-5-4-6-9(11)7-8;1-9(2,3)11-6-4-5-8(10)7-11/h7-10,13H,5-6,12H2,1-4H3;8-10H,5-7,12H2,1-4H3;2*7-8H,4-6,14H2,1-3H3;7-9,13H,5-6,11H2,1-4H3;8-9H,4-7,11H2,1-3H3;8H,4-7,10H2,1-3H3/t;;2*7-,8+;7-,8+,9+;;8-/m..110.0/s1. The van der Waals surface area contributed by atoms with Crippen LogP contribution in [-0.2, 0) is 0 Å². The molecule has 0 aromatic heterocycles. The second-order valence-corrected chi connectivity index (χ2v) is 36.6. The van der Waals surface area contributed by atoms with Crippen LogP contribution in [0.4, 0.5) is 26.3 Å². The zero-order chi connectivity index (χ0) is 70.5. The summed E-state index contributed by atoms with van der Waals surface area (Å²) >= 11 is 0. The lowest BCUT2D eigenvalue weighted by molar-refractivity contribution is -0.193. The molecule has 4 aliphatic heterocycles. The van der Waals surface area contributed by atoms with Crippen molar-refractivity contribution in [2.24, 2.45) is 104 Å². The van der Waals surface area contributed by atoms with Gasteiger partial charge in [0.1, 0.15) is 0 Å². The molecule has 0 bridgehead atoms. The van der Waals surface area contributed by atoms with Crippen LogP contribution >= 0.6 is 0 Å². The van der Waals surface area contributed by atoms with Crippen LogP contribution in [0.2, 0.25) is 0 Å². The Morgan fingerprint density at radius 3 is 0.989 bits per heavy atom. The number of aliphatic hydroxyl groups is 2. The van der Waals surface area contributed by atoms with Gasteiger partial charge < -0.3 is 50.3 Å². The normalized spacial score (nSPS) is 34.5. The molecule has 13 nitrogen and oxygen atoms in total. The minimum atomic E-state index is -4.12. The largest absolute Gasteiger partial charge is 0.393 e. The molecule has 7 fully saturated rings. The topological polar surface area (TPSA) is 236 Å². The number of alkyl halides is 6. The van der Waals surface area contributed by atoms with Crippen molar-refractivity contribution >= 4 is 0 Å².